The molecule has 0 bridgehead atoms. The largest absolute Gasteiger partial charge is 0.496 e. The van der Waals surface area contributed by atoms with Gasteiger partial charge in [-0.05, 0) is 36.5 Å². The summed E-state index contributed by atoms with van der Waals surface area (Å²) >= 11 is 0. The first-order valence-corrected chi connectivity index (χ1v) is 7.83. The summed E-state index contributed by atoms with van der Waals surface area (Å²) in [7, 11) is -1.92. The lowest BCUT2D eigenvalue weighted by atomic mass is 10.2. The number of nitrogens with one attached hydrogen (secondary N) is 1. The molecule has 6 heteroatoms. The summed E-state index contributed by atoms with van der Waals surface area (Å²) in [5.41, 5.74) is 6.28. The number of methoxy groups -OCH3 is 1. The standard InChI is InChI=1S/C13H20N2O3S/c1-9-5-11(9)8-15-19(16,17)12-3-4-13(18-2)10(6-12)7-14/h3-4,6,9,11,15H,5,7-8,14H2,1-2H3. The van der Waals surface area contributed by atoms with Gasteiger partial charge >= 0.3 is 0 Å². The Balaban J connectivity index is 2.15. The first-order valence-electron chi connectivity index (χ1n) is 6.34. The highest BCUT2D eigenvalue weighted by Crippen LogP contribution is 2.37. The fourth-order valence-electron chi connectivity index (χ4n) is 2.07. The van der Waals surface area contributed by atoms with Crippen molar-refractivity contribution in [1.29, 1.82) is 0 Å². The van der Waals surface area contributed by atoms with Crippen LogP contribution in [0.4, 0.5) is 0 Å². The smallest absolute Gasteiger partial charge is 0.240 e. The quantitative estimate of drug-likeness (QED) is 0.819. The molecule has 1 fully saturated rings. The summed E-state index contributed by atoms with van der Waals surface area (Å²) in [5, 5.41) is 0. The number of benzene rings is 1. The monoisotopic (exact) mass is 284 g/mol. The molecule has 0 saturated heterocycles. The Bertz CT molecular complexity index is 557. The Kier molecular flexibility index (Phi) is 4.13. The maximum Gasteiger partial charge on any atom is 0.240 e. The van der Waals surface area contributed by atoms with E-state index in [1.54, 1.807) is 12.1 Å². The van der Waals surface area contributed by atoms with E-state index in [1.807, 2.05) is 0 Å². The number of hydrogen-bond acceptors (Lipinski definition) is 4. The molecule has 106 valence electrons. The zero-order chi connectivity index (χ0) is 14.0. The topological polar surface area (TPSA) is 81.4 Å². The van der Waals surface area contributed by atoms with E-state index in [-0.39, 0.29) is 11.4 Å². The lowest BCUT2D eigenvalue weighted by Crippen LogP contribution is -2.26. The van der Waals surface area contributed by atoms with Crippen LogP contribution in [0.1, 0.15) is 18.9 Å². The van der Waals surface area contributed by atoms with Crippen molar-refractivity contribution >= 4 is 10.0 Å². The molecule has 1 aromatic rings. The summed E-state index contributed by atoms with van der Waals surface area (Å²) in [4.78, 5) is 0.238. The Labute approximate surface area is 114 Å². The van der Waals surface area contributed by atoms with Gasteiger partial charge in [0.2, 0.25) is 10.0 Å². The highest BCUT2D eigenvalue weighted by atomic mass is 32.2. The third kappa shape index (κ3) is 3.26. The van der Waals surface area contributed by atoms with Crippen LogP contribution < -0.4 is 15.2 Å². The Morgan fingerprint density at radius 1 is 1.47 bits per heavy atom. The first kappa shape index (κ1) is 14.3. The molecule has 1 aliphatic carbocycles. The molecule has 0 aromatic heterocycles. The predicted molar refractivity (Wildman–Crippen MR) is 73.3 cm³/mol. The van der Waals surface area contributed by atoms with Gasteiger partial charge in [0.25, 0.3) is 0 Å². The number of nitrogens with two attached hydrogens (primary N) is 1. The minimum absolute atomic E-state index is 0.238. The Morgan fingerprint density at radius 3 is 2.68 bits per heavy atom. The van der Waals surface area contributed by atoms with E-state index in [0.717, 1.165) is 6.42 Å². The molecule has 0 aliphatic heterocycles. The number of ether oxygens (including phenoxy) is 1. The number of rotatable bonds is 6. The molecule has 0 heterocycles. The third-order valence-corrected chi connectivity index (χ3v) is 5.02. The van der Waals surface area contributed by atoms with E-state index in [4.69, 9.17) is 10.5 Å². The van der Waals surface area contributed by atoms with Gasteiger partial charge in [0.1, 0.15) is 5.75 Å². The second kappa shape index (κ2) is 5.48. The lowest BCUT2D eigenvalue weighted by Gasteiger charge is -2.10. The van der Waals surface area contributed by atoms with Crippen molar-refractivity contribution in [2.45, 2.75) is 24.8 Å². The van der Waals surface area contributed by atoms with Gasteiger partial charge in [-0.3, -0.25) is 0 Å². The first-order chi connectivity index (χ1) is 8.97. The molecular formula is C13H20N2O3S. The Hall–Kier alpha value is -1.11. The zero-order valence-corrected chi connectivity index (χ0v) is 12.0. The number of hydrogen-bond donors (Lipinski definition) is 2. The third-order valence-electron chi connectivity index (χ3n) is 3.59. The summed E-state index contributed by atoms with van der Waals surface area (Å²) in [6, 6.07) is 4.74. The van der Waals surface area contributed by atoms with Crippen LogP contribution in [-0.2, 0) is 16.6 Å². The van der Waals surface area contributed by atoms with Gasteiger partial charge in [-0.1, -0.05) is 6.92 Å². The lowest BCUT2D eigenvalue weighted by molar-refractivity contribution is 0.409. The predicted octanol–water partition coefficient (Wildman–Crippen LogP) is 1.09. The fraction of sp³-hybridized carbons (Fsp3) is 0.538. The van der Waals surface area contributed by atoms with Crippen LogP contribution in [-0.4, -0.2) is 22.1 Å². The molecule has 3 N–H and O–H groups in total. The van der Waals surface area contributed by atoms with Crippen molar-refractivity contribution in [1.82, 2.24) is 4.72 Å². The van der Waals surface area contributed by atoms with Crippen molar-refractivity contribution in [2.75, 3.05) is 13.7 Å². The minimum Gasteiger partial charge on any atom is -0.496 e. The van der Waals surface area contributed by atoms with Gasteiger partial charge in [0.05, 0.1) is 12.0 Å². The van der Waals surface area contributed by atoms with Gasteiger partial charge in [0, 0.05) is 18.7 Å². The van der Waals surface area contributed by atoms with E-state index >= 15 is 0 Å². The van der Waals surface area contributed by atoms with Crippen molar-refractivity contribution in [3.05, 3.63) is 23.8 Å². The molecular weight excluding hydrogens is 264 g/mol. The van der Waals surface area contributed by atoms with Gasteiger partial charge in [-0.2, -0.15) is 0 Å². The van der Waals surface area contributed by atoms with Crippen molar-refractivity contribution in [2.24, 2.45) is 17.6 Å². The van der Waals surface area contributed by atoms with E-state index in [2.05, 4.69) is 11.6 Å². The Morgan fingerprint density at radius 2 is 2.16 bits per heavy atom. The average Bonchev–Trinajstić information content (AvgIpc) is 3.11. The summed E-state index contributed by atoms with van der Waals surface area (Å²) in [5.74, 6) is 1.71. The molecule has 1 aliphatic rings. The van der Waals surface area contributed by atoms with E-state index in [0.29, 0.717) is 29.7 Å². The van der Waals surface area contributed by atoms with E-state index < -0.39 is 10.0 Å². The van der Waals surface area contributed by atoms with Crippen LogP contribution in [0.3, 0.4) is 0 Å². The van der Waals surface area contributed by atoms with Gasteiger partial charge in [-0.25, -0.2) is 13.1 Å². The SMILES string of the molecule is COc1ccc(S(=O)(=O)NCC2CC2C)cc1CN. The molecule has 2 unspecified atom stereocenters. The number of sulfonamides is 1. The van der Waals surface area contributed by atoms with E-state index in [9.17, 15) is 8.42 Å². The summed E-state index contributed by atoms with van der Waals surface area (Å²) in [6.45, 7) is 2.87. The van der Waals surface area contributed by atoms with Crippen LogP contribution in [0, 0.1) is 11.8 Å². The molecule has 19 heavy (non-hydrogen) atoms. The van der Waals surface area contributed by atoms with Gasteiger partial charge in [0.15, 0.2) is 0 Å². The molecule has 5 nitrogen and oxygen atoms in total. The van der Waals surface area contributed by atoms with E-state index in [1.165, 1.54) is 13.2 Å². The van der Waals surface area contributed by atoms with Crippen LogP contribution in [0.5, 0.6) is 5.75 Å². The molecule has 2 rings (SSSR count). The maximum atomic E-state index is 12.1. The molecule has 1 aromatic carbocycles. The minimum atomic E-state index is -3.46. The maximum absolute atomic E-state index is 12.1. The molecule has 1 saturated carbocycles. The second-order valence-electron chi connectivity index (χ2n) is 5.00. The summed E-state index contributed by atoms with van der Waals surface area (Å²) < 4.78 is 32.1. The highest BCUT2D eigenvalue weighted by molar-refractivity contribution is 7.89. The summed E-state index contributed by atoms with van der Waals surface area (Å²) in [6.07, 6.45) is 1.10. The van der Waals surface area contributed by atoms with Crippen molar-refractivity contribution in [3.8, 4) is 5.75 Å². The molecule has 0 amide bonds. The van der Waals surface area contributed by atoms with Crippen LogP contribution in [0.25, 0.3) is 0 Å². The van der Waals surface area contributed by atoms with Crippen LogP contribution in [0.2, 0.25) is 0 Å². The van der Waals surface area contributed by atoms with Crippen molar-refractivity contribution in [3.63, 3.8) is 0 Å². The second-order valence-corrected chi connectivity index (χ2v) is 6.77. The average molecular weight is 284 g/mol. The molecule has 2 atom stereocenters. The van der Waals surface area contributed by atoms with Gasteiger partial charge < -0.3 is 10.5 Å². The molecule has 0 spiro atoms. The molecule has 0 radical (unpaired) electrons. The fourth-order valence-corrected chi connectivity index (χ4v) is 3.21. The van der Waals surface area contributed by atoms with Crippen LogP contribution in [0.15, 0.2) is 23.1 Å². The van der Waals surface area contributed by atoms with Gasteiger partial charge in [-0.15, -0.1) is 0 Å². The normalized spacial score (nSPS) is 22.3. The zero-order valence-electron chi connectivity index (χ0n) is 11.2. The van der Waals surface area contributed by atoms with Crippen LogP contribution >= 0.6 is 0 Å². The van der Waals surface area contributed by atoms with Crippen molar-refractivity contribution < 1.29 is 13.2 Å². The highest BCUT2D eigenvalue weighted by Gasteiger charge is 2.33.